The summed E-state index contributed by atoms with van der Waals surface area (Å²) >= 11 is 0. The maximum Gasteiger partial charge on any atom is 0.242 e. The minimum atomic E-state index is -0.186. The summed E-state index contributed by atoms with van der Waals surface area (Å²) in [6, 6.07) is 0. The van der Waals surface area contributed by atoms with E-state index in [1.165, 1.54) is 64.2 Å². The average Bonchev–Trinajstić information content (AvgIpc) is 2.63. The first-order valence-electron chi connectivity index (χ1n) is 10.9. The van der Waals surface area contributed by atoms with Crippen LogP contribution in [-0.2, 0) is 4.79 Å². The number of allylic oxidation sites excluding steroid dienone is 2. The monoisotopic (exact) mass is 366 g/mol. The molecule has 0 spiro atoms. The molecule has 0 amide bonds. The lowest BCUT2D eigenvalue weighted by molar-refractivity contribution is -0.428. The van der Waals surface area contributed by atoms with Gasteiger partial charge in [-0.25, -0.2) is 0 Å². The van der Waals surface area contributed by atoms with Crippen LogP contribution in [0.25, 0.3) is 0 Å². The minimum absolute atomic E-state index is 0.186. The van der Waals surface area contributed by atoms with Gasteiger partial charge in [-0.15, -0.1) is 0 Å². The molecule has 1 radical (unpaired) electrons. The van der Waals surface area contributed by atoms with Crippen LogP contribution in [0, 0.1) is 10.1 Å². The topological polar surface area (TPSA) is 60.2 Å². The quantitative estimate of drug-likeness (QED) is 0.129. The molecule has 151 valence electrons. The largest absolute Gasteiger partial charge is 0.291 e. The van der Waals surface area contributed by atoms with Crippen molar-refractivity contribution in [3.8, 4) is 0 Å². The van der Waals surface area contributed by atoms with Crippen molar-refractivity contribution < 1.29 is 9.72 Å². The molecule has 0 aromatic rings. The van der Waals surface area contributed by atoms with E-state index in [0.717, 1.165) is 38.5 Å². The third kappa shape index (κ3) is 17.6. The van der Waals surface area contributed by atoms with Gasteiger partial charge in [-0.2, -0.15) is 0 Å². The van der Waals surface area contributed by atoms with Crippen molar-refractivity contribution in [2.75, 3.05) is 0 Å². The third-order valence-corrected chi connectivity index (χ3v) is 4.88. The lowest BCUT2D eigenvalue weighted by atomic mass is 10.0. The minimum Gasteiger partial charge on any atom is -0.291 e. The van der Waals surface area contributed by atoms with Crippen LogP contribution < -0.4 is 0 Å². The number of carbonyl (C=O) groups excluding carboxylic acids is 1. The first kappa shape index (κ1) is 24.8. The van der Waals surface area contributed by atoms with Crippen LogP contribution >= 0.6 is 0 Å². The summed E-state index contributed by atoms with van der Waals surface area (Å²) in [4.78, 5) is 21.0. The Balaban J connectivity index is 3.56. The summed E-state index contributed by atoms with van der Waals surface area (Å²) < 4.78 is 0. The molecule has 0 N–H and O–H groups in total. The summed E-state index contributed by atoms with van der Waals surface area (Å²) in [7, 11) is 0. The van der Waals surface area contributed by atoms with E-state index in [-0.39, 0.29) is 4.92 Å². The molecular weight excluding hydrogens is 326 g/mol. The molecule has 4 heteroatoms. The van der Waals surface area contributed by atoms with Crippen LogP contribution in [0.2, 0.25) is 0 Å². The molecule has 0 aromatic heterocycles. The normalized spacial score (nSPS) is 11.7. The Hall–Kier alpha value is -1.19. The smallest absolute Gasteiger partial charge is 0.242 e. The number of unbranched alkanes of at least 4 members (excludes halogenated alkanes) is 15. The summed E-state index contributed by atoms with van der Waals surface area (Å²) in [6.07, 6.45) is 23.4. The predicted octanol–water partition coefficient (Wildman–Crippen LogP) is 7.30. The van der Waals surface area contributed by atoms with Crippen LogP contribution in [0.5, 0.6) is 0 Å². The van der Waals surface area contributed by atoms with Crippen molar-refractivity contribution in [1.29, 1.82) is 0 Å². The Morgan fingerprint density at radius 3 is 1.85 bits per heavy atom. The molecule has 4 nitrogen and oxygen atoms in total. The third-order valence-electron chi connectivity index (χ3n) is 4.88. The standard InChI is InChI=1S/C22H40NO3/c1-2-3-4-5-13-16-19-22(23(25)26)20-17-14-11-9-7-6-8-10-12-15-18-21-24/h20H,2-19H2,1H3/b22-20-. The maximum absolute atomic E-state index is 11.1. The Kier molecular flexibility index (Phi) is 19.2. The first-order valence-corrected chi connectivity index (χ1v) is 10.9. The van der Waals surface area contributed by atoms with E-state index in [4.69, 9.17) is 0 Å². The molecule has 0 rings (SSSR count). The fourth-order valence-electron chi connectivity index (χ4n) is 3.20. The van der Waals surface area contributed by atoms with Gasteiger partial charge in [-0.3, -0.25) is 14.9 Å². The molecule has 0 bridgehead atoms. The zero-order valence-corrected chi connectivity index (χ0v) is 17.0. The molecule has 0 fully saturated rings. The van der Waals surface area contributed by atoms with E-state index in [9.17, 15) is 14.9 Å². The SMILES string of the molecule is CCCCCCCC/C(=C/CCCCCCCCCCC[C]=O)[N+](=O)[O-]. The molecular formula is C22H40NO3. The second-order valence-corrected chi connectivity index (χ2v) is 7.34. The molecule has 0 aliphatic heterocycles. The van der Waals surface area contributed by atoms with Gasteiger partial charge in [-0.1, -0.05) is 84.0 Å². The van der Waals surface area contributed by atoms with Crippen LogP contribution in [0.3, 0.4) is 0 Å². The Bertz CT molecular complexity index is 366. The van der Waals surface area contributed by atoms with E-state index in [1.54, 1.807) is 0 Å². The van der Waals surface area contributed by atoms with Crippen LogP contribution in [0.15, 0.2) is 11.8 Å². The molecule has 0 saturated heterocycles. The highest BCUT2D eigenvalue weighted by Gasteiger charge is 2.09. The second kappa shape index (κ2) is 20.1. The fourth-order valence-corrected chi connectivity index (χ4v) is 3.20. The van der Waals surface area contributed by atoms with Crippen molar-refractivity contribution in [2.45, 2.75) is 122 Å². The van der Waals surface area contributed by atoms with Gasteiger partial charge in [0.2, 0.25) is 5.70 Å². The Morgan fingerprint density at radius 2 is 1.31 bits per heavy atom. The maximum atomic E-state index is 11.1. The summed E-state index contributed by atoms with van der Waals surface area (Å²) in [6.45, 7) is 2.20. The molecule has 0 aromatic carbocycles. The van der Waals surface area contributed by atoms with Crippen molar-refractivity contribution in [3.63, 3.8) is 0 Å². The average molecular weight is 367 g/mol. The van der Waals surface area contributed by atoms with Gasteiger partial charge in [-0.05, 0) is 31.8 Å². The van der Waals surface area contributed by atoms with Crippen molar-refractivity contribution >= 4 is 6.29 Å². The highest BCUT2D eigenvalue weighted by molar-refractivity contribution is 5.50. The van der Waals surface area contributed by atoms with Gasteiger partial charge in [0, 0.05) is 12.8 Å². The van der Waals surface area contributed by atoms with Gasteiger partial charge < -0.3 is 0 Å². The van der Waals surface area contributed by atoms with Crippen LogP contribution in [-0.4, -0.2) is 11.2 Å². The number of hydrogen-bond acceptors (Lipinski definition) is 3. The van der Waals surface area contributed by atoms with Crippen LogP contribution in [0.1, 0.15) is 122 Å². The van der Waals surface area contributed by atoms with Gasteiger partial charge in [0.15, 0.2) is 6.29 Å². The van der Waals surface area contributed by atoms with Crippen molar-refractivity contribution in [2.24, 2.45) is 0 Å². The number of hydrogen-bond donors (Lipinski definition) is 0. The molecule has 0 atom stereocenters. The summed E-state index contributed by atoms with van der Waals surface area (Å²) in [5.74, 6) is 0. The van der Waals surface area contributed by atoms with Crippen LogP contribution in [0.4, 0.5) is 0 Å². The van der Waals surface area contributed by atoms with Crippen molar-refractivity contribution in [3.05, 3.63) is 21.9 Å². The molecule has 0 aliphatic rings. The molecule has 0 unspecified atom stereocenters. The van der Waals surface area contributed by atoms with Gasteiger partial charge in [0.25, 0.3) is 0 Å². The molecule has 0 heterocycles. The van der Waals surface area contributed by atoms with Gasteiger partial charge in [0.05, 0.1) is 4.92 Å². The second-order valence-electron chi connectivity index (χ2n) is 7.34. The van der Waals surface area contributed by atoms with Crippen molar-refractivity contribution in [1.82, 2.24) is 0 Å². The number of nitro groups is 1. The predicted molar refractivity (Wildman–Crippen MR) is 110 cm³/mol. The lowest BCUT2D eigenvalue weighted by Crippen LogP contribution is -1.99. The lowest BCUT2D eigenvalue weighted by Gasteiger charge is -2.02. The summed E-state index contributed by atoms with van der Waals surface area (Å²) in [5.41, 5.74) is 0.424. The van der Waals surface area contributed by atoms with Gasteiger partial charge >= 0.3 is 0 Å². The highest BCUT2D eigenvalue weighted by Crippen LogP contribution is 2.15. The van der Waals surface area contributed by atoms with E-state index >= 15 is 0 Å². The van der Waals surface area contributed by atoms with E-state index < -0.39 is 0 Å². The van der Waals surface area contributed by atoms with E-state index in [0.29, 0.717) is 18.5 Å². The highest BCUT2D eigenvalue weighted by atomic mass is 16.6. The number of rotatable bonds is 20. The first-order chi connectivity index (χ1) is 12.7. The zero-order valence-electron chi connectivity index (χ0n) is 17.0. The zero-order chi connectivity index (χ0) is 19.3. The van der Waals surface area contributed by atoms with E-state index in [1.807, 2.05) is 12.4 Å². The summed E-state index contributed by atoms with van der Waals surface area (Å²) in [5, 5.41) is 11.1. The van der Waals surface area contributed by atoms with Gasteiger partial charge in [0.1, 0.15) is 0 Å². The molecule has 26 heavy (non-hydrogen) atoms. The number of nitrogens with zero attached hydrogens (tertiary/aromatic N) is 1. The van der Waals surface area contributed by atoms with E-state index in [2.05, 4.69) is 6.92 Å². The molecule has 0 saturated carbocycles. The molecule has 0 aliphatic carbocycles. The Labute approximate surface area is 161 Å². The fraction of sp³-hybridized carbons (Fsp3) is 0.864. The Morgan fingerprint density at radius 1 is 0.808 bits per heavy atom.